The van der Waals surface area contributed by atoms with E-state index >= 15 is 0 Å². The maximum atomic E-state index is 11.8. The van der Waals surface area contributed by atoms with Gasteiger partial charge in [-0.25, -0.2) is 0 Å². The summed E-state index contributed by atoms with van der Waals surface area (Å²) in [4.78, 5) is 11.8. The molecule has 1 atom stereocenters. The summed E-state index contributed by atoms with van der Waals surface area (Å²) in [5.74, 6) is 0.544. The average molecular weight is 262 g/mol. The summed E-state index contributed by atoms with van der Waals surface area (Å²) in [5.41, 5.74) is 2.00. The van der Waals surface area contributed by atoms with Crippen LogP contribution in [-0.2, 0) is 9.53 Å². The molecule has 1 aliphatic rings. The van der Waals surface area contributed by atoms with Gasteiger partial charge in [-0.2, -0.15) is 0 Å². The Labute approximate surface area is 114 Å². The zero-order valence-corrected chi connectivity index (χ0v) is 11.4. The molecule has 0 spiro atoms. The van der Waals surface area contributed by atoms with Gasteiger partial charge in [0, 0.05) is 18.8 Å². The van der Waals surface area contributed by atoms with Crippen molar-refractivity contribution in [2.45, 2.75) is 19.8 Å². The van der Waals surface area contributed by atoms with E-state index in [0.717, 1.165) is 37.4 Å². The van der Waals surface area contributed by atoms with Crippen molar-refractivity contribution in [2.24, 2.45) is 5.92 Å². The Hall–Kier alpha value is -1.39. The molecule has 1 aromatic carbocycles. The lowest BCUT2D eigenvalue weighted by Gasteiger charge is -2.22. The van der Waals surface area contributed by atoms with Gasteiger partial charge in [0.15, 0.2) is 0 Å². The van der Waals surface area contributed by atoms with E-state index in [0.29, 0.717) is 12.5 Å². The van der Waals surface area contributed by atoms with E-state index in [9.17, 15) is 4.79 Å². The fraction of sp³-hybridized carbons (Fsp3) is 0.533. The summed E-state index contributed by atoms with van der Waals surface area (Å²) in [6.07, 6.45) is 2.31. The van der Waals surface area contributed by atoms with Gasteiger partial charge in [-0.15, -0.1) is 0 Å². The van der Waals surface area contributed by atoms with Crippen LogP contribution in [0.4, 0.5) is 5.69 Å². The molecular weight excluding hydrogens is 240 g/mol. The molecule has 0 bridgehead atoms. The first kappa shape index (κ1) is 14.0. The number of aryl methyl sites for hydroxylation is 1. The average Bonchev–Trinajstić information content (AvgIpc) is 2.40. The number of ether oxygens (including phenoxy) is 1. The van der Waals surface area contributed by atoms with Crippen molar-refractivity contribution in [2.75, 3.05) is 31.6 Å². The lowest BCUT2D eigenvalue weighted by atomic mass is 10.0. The maximum Gasteiger partial charge on any atom is 0.238 e. The van der Waals surface area contributed by atoms with E-state index in [1.807, 2.05) is 31.2 Å². The molecule has 1 aromatic rings. The highest BCUT2D eigenvalue weighted by Crippen LogP contribution is 2.12. The fourth-order valence-corrected chi connectivity index (χ4v) is 2.29. The summed E-state index contributed by atoms with van der Waals surface area (Å²) in [7, 11) is 0. The normalized spacial score (nSPS) is 19.1. The lowest BCUT2D eigenvalue weighted by molar-refractivity contribution is -0.115. The Bertz CT molecular complexity index is 414. The molecule has 0 radical (unpaired) electrons. The van der Waals surface area contributed by atoms with Gasteiger partial charge < -0.3 is 15.4 Å². The summed E-state index contributed by atoms with van der Waals surface area (Å²) in [6, 6.07) is 7.82. The number of rotatable bonds is 5. The molecule has 0 aliphatic carbocycles. The highest BCUT2D eigenvalue weighted by Gasteiger charge is 2.13. The summed E-state index contributed by atoms with van der Waals surface area (Å²) >= 11 is 0. The minimum atomic E-state index is 0.00216. The van der Waals surface area contributed by atoms with Gasteiger partial charge in [-0.1, -0.05) is 12.1 Å². The summed E-state index contributed by atoms with van der Waals surface area (Å²) < 4.78 is 5.41. The zero-order chi connectivity index (χ0) is 13.5. The first-order chi connectivity index (χ1) is 9.24. The van der Waals surface area contributed by atoms with Crippen LogP contribution in [0.3, 0.4) is 0 Å². The second-order valence-electron chi connectivity index (χ2n) is 5.13. The molecule has 19 heavy (non-hydrogen) atoms. The Morgan fingerprint density at radius 3 is 3.11 bits per heavy atom. The first-order valence-electron chi connectivity index (χ1n) is 6.89. The smallest absolute Gasteiger partial charge is 0.238 e. The number of carbonyl (C=O) groups excluding carboxylic acids is 1. The van der Waals surface area contributed by atoms with E-state index in [-0.39, 0.29) is 5.91 Å². The van der Waals surface area contributed by atoms with Crippen LogP contribution in [0.25, 0.3) is 0 Å². The molecule has 0 aromatic heterocycles. The summed E-state index contributed by atoms with van der Waals surface area (Å²) in [6.45, 7) is 4.90. The number of benzene rings is 1. The van der Waals surface area contributed by atoms with Gasteiger partial charge in [0.25, 0.3) is 0 Å². The molecule has 1 saturated heterocycles. The van der Waals surface area contributed by atoms with Crippen LogP contribution in [0.1, 0.15) is 18.4 Å². The van der Waals surface area contributed by atoms with Gasteiger partial charge in [-0.05, 0) is 43.4 Å². The number of anilines is 1. The predicted molar refractivity (Wildman–Crippen MR) is 76.2 cm³/mol. The molecule has 4 heteroatoms. The van der Waals surface area contributed by atoms with Crippen molar-refractivity contribution < 1.29 is 9.53 Å². The number of hydrogen-bond donors (Lipinski definition) is 2. The van der Waals surface area contributed by atoms with Crippen molar-refractivity contribution in [1.82, 2.24) is 5.32 Å². The van der Waals surface area contributed by atoms with E-state index in [2.05, 4.69) is 10.6 Å². The molecule has 2 N–H and O–H groups in total. The maximum absolute atomic E-state index is 11.8. The Morgan fingerprint density at radius 2 is 2.37 bits per heavy atom. The molecule has 1 amide bonds. The van der Waals surface area contributed by atoms with Gasteiger partial charge in [-0.3, -0.25) is 4.79 Å². The van der Waals surface area contributed by atoms with Crippen LogP contribution < -0.4 is 10.6 Å². The minimum absolute atomic E-state index is 0.00216. The van der Waals surface area contributed by atoms with Gasteiger partial charge in [0.1, 0.15) is 0 Å². The predicted octanol–water partition coefficient (Wildman–Crippen LogP) is 1.95. The molecule has 1 unspecified atom stereocenters. The quantitative estimate of drug-likeness (QED) is 0.852. The van der Waals surface area contributed by atoms with E-state index in [1.54, 1.807) is 0 Å². The second kappa shape index (κ2) is 7.26. The Balaban J connectivity index is 1.67. The number of hydrogen-bond acceptors (Lipinski definition) is 3. The molecule has 1 aliphatic heterocycles. The standard InChI is InChI=1S/C15H22N2O2/c1-12-4-2-6-14(8-12)17-15(18)10-16-9-13-5-3-7-19-11-13/h2,4,6,8,13,16H,3,5,7,9-11H2,1H3,(H,17,18). The van der Waals surface area contributed by atoms with Crippen molar-refractivity contribution >= 4 is 11.6 Å². The minimum Gasteiger partial charge on any atom is -0.381 e. The van der Waals surface area contributed by atoms with E-state index in [1.165, 1.54) is 6.42 Å². The number of nitrogens with one attached hydrogen (secondary N) is 2. The van der Waals surface area contributed by atoms with Gasteiger partial charge in [0.05, 0.1) is 13.2 Å². The van der Waals surface area contributed by atoms with E-state index in [4.69, 9.17) is 4.74 Å². The molecule has 4 nitrogen and oxygen atoms in total. The van der Waals surface area contributed by atoms with Crippen LogP contribution in [0.15, 0.2) is 24.3 Å². The highest BCUT2D eigenvalue weighted by molar-refractivity contribution is 5.92. The second-order valence-corrected chi connectivity index (χ2v) is 5.13. The fourth-order valence-electron chi connectivity index (χ4n) is 2.29. The number of amides is 1. The molecule has 0 saturated carbocycles. The summed E-state index contributed by atoms with van der Waals surface area (Å²) in [5, 5.41) is 6.09. The van der Waals surface area contributed by atoms with Crippen molar-refractivity contribution in [3.8, 4) is 0 Å². The van der Waals surface area contributed by atoms with Crippen LogP contribution in [-0.4, -0.2) is 32.2 Å². The van der Waals surface area contributed by atoms with Crippen LogP contribution in [0.5, 0.6) is 0 Å². The SMILES string of the molecule is Cc1cccc(NC(=O)CNCC2CCCOC2)c1. The van der Waals surface area contributed by atoms with Gasteiger partial charge in [0.2, 0.25) is 5.91 Å². The van der Waals surface area contributed by atoms with E-state index < -0.39 is 0 Å². The molecule has 104 valence electrons. The topological polar surface area (TPSA) is 50.4 Å². The highest BCUT2D eigenvalue weighted by atomic mass is 16.5. The third-order valence-corrected chi connectivity index (χ3v) is 3.28. The lowest BCUT2D eigenvalue weighted by Crippen LogP contribution is -2.34. The van der Waals surface area contributed by atoms with Crippen LogP contribution >= 0.6 is 0 Å². The van der Waals surface area contributed by atoms with Crippen LogP contribution in [0.2, 0.25) is 0 Å². The molecule has 2 rings (SSSR count). The Kier molecular flexibility index (Phi) is 5.36. The zero-order valence-electron chi connectivity index (χ0n) is 11.4. The Morgan fingerprint density at radius 1 is 1.47 bits per heavy atom. The number of carbonyl (C=O) groups is 1. The monoisotopic (exact) mass is 262 g/mol. The molecule has 1 heterocycles. The van der Waals surface area contributed by atoms with Crippen molar-refractivity contribution in [3.63, 3.8) is 0 Å². The molecular formula is C15H22N2O2. The van der Waals surface area contributed by atoms with Crippen molar-refractivity contribution in [1.29, 1.82) is 0 Å². The third-order valence-electron chi connectivity index (χ3n) is 3.28. The molecule has 1 fully saturated rings. The third kappa shape index (κ3) is 5.01. The van der Waals surface area contributed by atoms with Gasteiger partial charge >= 0.3 is 0 Å². The van der Waals surface area contributed by atoms with Crippen LogP contribution in [0, 0.1) is 12.8 Å². The van der Waals surface area contributed by atoms with Crippen molar-refractivity contribution in [3.05, 3.63) is 29.8 Å². The largest absolute Gasteiger partial charge is 0.381 e. The first-order valence-corrected chi connectivity index (χ1v) is 6.89.